The van der Waals surface area contributed by atoms with Gasteiger partial charge in [0, 0.05) is 0 Å². The average Bonchev–Trinajstić information content (AvgIpc) is 2.98. The summed E-state index contributed by atoms with van der Waals surface area (Å²) in [5.74, 6) is -3.13. The standard InChI is InChI=1S/C32H45N5O6/c1-21(2)29(37-31(41)27(17-28(34)39)36-30(40)26(33)18-38)32(42)35-25(16-23-10-6-4-7-11-23)15-14-22(3)19-43-20-24-12-8-5-9-13-24/h4-15,21-22,25-27,29,38H,16-20,33H2,1-3H3,(H2,34,39)(H,35,42)(H,36,40)(H,37,41)/b15-14+/t22-,25-,26+,27+,29+/m1/s1. The van der Waals surface area contributed by atoms with Crippen LogP contribution in [0.3, 0.4) is 0 Å². The van der Waals surface area contributed by atoms with Crippen molar-refractivity contribution in [2.24, 2.45) is 23.3 Å². The van der Waals surface area contributed by atoms with Crippen LogP contribution in [0.25, 0.3) is 0 Å². The normalized spacial score (nSPS) is 14.8. The molecule has 43 heavy (non-hydrogen) atoms. The first kappa shape index (κ1) is 35.1. The van der Waals surface area contributed by atoms with Gasteiger partial charge in [0.2, 0.25) is 23.6 Å². The average molecular weight is 596 g/mol. The molecule has 0 spiro atoms. The van der Waals surface area contributed by atoms with E-state index in [1.807, 2.05) is 79.7 Å². The Morgan fingerprint density at radius 2 is 1.44 bits per heavy atom. The highest BCUT2D eigenvalue weighted by molar-refractivity contribution is 5.95. The molecule has 0 aromatic heterocycles. The molecule has 5 atom stereocenters. The highest BCUT2D eigenvalue weighted by atomic mass is 16.5. The van der Waals surface area contributed by atoms with Crippen molar-refractivity contribution in [1.82, 2.24) is 16.0 Å². The van der Waals surface area contributed by atoms with Gasteiger partial charge in [0.05, 0.1) is 32.3 Å². The van der Waals surface area contributed by atoms with Crippen LogP contribution in [0.1, 0.15) is 38.3 Å². The van der Waals surface area contributed by atoms with Crippen LogP contribution in [0.4, 0.5) is 0 Å². The summed E-state index contributed by atoms with van der Waals surface area (Å²) in [7, 11) is 0. The minimum atomic E-state index is -1.37. The zero-order valence-corrected chi connectivity index (χ0v) is 25.1. The van der Waals surface area contributed by atoms with E-state index in [4.69, 9.17) is 21.3 Å². The Kier molecular flexibility index (Phi) is 15.1. The first-order valence-electron chi connectivity index (χ1n) is 14.4. The molecule has 0 heterocycles. The monoisotopic (exact) mass is 595 g/mol. The van der Waals surface area contributed by atoms with Crippen LogP contribution in [0.2, 0.25) is 0 Å². The molecule has 2 aromatic carbocycles. The van der Waals surface area contributed by atoms with Gasteiger partial charge in [0.25, 0.3) is 0 Å². The van der Waals surface area contributed by atoms with E-state index in [1.165, 1.54) is 0 Å². The predicted molar refractivity (Wildman–Crippen MR) is 164 cm³/mol. The molecule has 2 rings (SSSR count). The summed E-state index contributed by atoms with van der Waals surface area (Å²) in [6, 6.07) is 15.6. The van der Waals surface area contributed by atoms with Gasteiger partial charge in [-0.2, -0.15) is 0 Å². The van der Waals surface area contributed by atoms with Crippen molar-refractivity contribution in [3.8, 4) is 0 Å². The van der Waals surface area contributed by atoms with E-state index in [-0.39, 0.29) is 11.8 Å². The number of aliphatic hydroxyl groups is 1. The molecule has 2 aromatic rings. The van der Waals surface area contributed by atoms with E-state index >= 15 is 0 Å². The Hall–Kier alpha value is -4.06. The van der Waals surface area contributed by atoms with Crippen molar-refractivity contribution < 1.29 is 29.0 Å². The number of nitrogens with one attached hydrogen (secondary N) is 3. The Bertz CT molecular complexity index is 1190. The van der Waals surface area contributed by atoms with Crippen LogP contribution in [-0.2, 0) is 36.9 Å². The van der Waals surface area contributed by atoms with Gasteiger partial charge in [-0.05, 0) is 29.4 Å². The van der Waals surface area contributed by atoms with Crippen LogP contribution in [0.5, 0.6) is 0 Å². The van der Waals surface area contributed by atoms with Crippen LogP contribution >= 0.6 is 0 Å². The van der Waals surface area contributed by atoms with Crippen LogP contribution in [0, 0.1) is 11.8 Å². The highest BCUT2D eigenvalue weighted by Gasteiger charge is 2.31. The fraction of sp³-hybridized carbons (Fsp3) is 0.438. The minimum Gasteiger partial charge on any atom is -0.394 e. The van der Waals surface area contributed by atoms with E-state index in [0.29, 0.717) is 19.6 Å². The van der Waals surface area contributed by atoms with E-state index in [9.17, 15) is 19.2 Å². The van der Waals surface area contributed by atoms with E-state index in [0.717, 1.165) is 11.1 Å². The molecule has 11 heteroatoms. The third-order valence-corrected chi connectivity index (χ3v) is 6.61. The van der Waals surface area contributed by atoms with E-state index < -0.39 is 60.8 Å². The van der Waals surface area contributed by atoms with Crippen LogP contribution in [-0.4, -0.2) is 66.1 Å². The number of ether oxygens (including phenoxy) is 1. The second kappa shape index (κ2) is 18.5. The molecule has 0 aliphatic heterocycles. The Labute approximate surface area is 253 Å². The molecule has 0 aliphatic carbocycles. The van der Waals surface area contributed by atoms with Crippen molar-refractivity contribution >= 4 is 23.6 Å². The summed E-state index contributed by atoms with van der Waals surface area (Å²) < 4.78 is 5.86. The number of rotatable bonds is 18. The number of primary amides is 1. The molecule has 234 valence electrons. The number of aliphatic hydroxyl groups excluding tert-OH is 1. The lowest BCUT2D eigenvalue weighted by molar-refractivity contribution is -0.134. The Morgan fingerprint density at radius 1 is 0.837 bits per heavy atom. The number of nitrogens with two attached hydrogens (primary N) is 2. The molecule has 0 saturated carbocycles. The van der Waals surface area contributed by atoms with Gasteiger partial charge in [0.1, 0.15) is 18.1 Å². The zero-order valence-electron chi connectivity index (χ0n) is 25.1. The number of carbonyl (C=O) groups is 4. The third kappa shape index (κ3) is 13.2. The van der Waals surface area contributed by atoms with Crippen molar-refractivity contribution in [1.29, 1.82) is 0 Å². The number of amides is 4. The fourth-order valence-electron chi connectivity index (χ4n) is 4.18. The number of hydrogen-bond donors (Lipinski definition) is 6. The second-order valence-electron chi connectivity index (χ2n) is 10.9. The molecule has 0 fully saturated rings. The number of hydrogen-bond acceptors (Lipinski definition) is 7. The quantitative estimate of drug-likeness (QED) is 0.138. The number of benzene rings is 2. The lowest BCUT2D eigenvalue weighted by Gasteiger charge is -2.27. The van der Waals surface area contributed by atoms with E-state index in [2.05, 4.69) is 16.0 Å². The largest absolute Gasteiger partial charge is 0.394 e. The maximum Gasteiger partial charge on any atom is 0.243 e. The number of carbonyl (C=O) groups excluding carboxylic acids is 4. The molecular formula is C32H45N5O6. The highest BCUT2D eigenvalue weighted by Crippen LogP contribution is 2.10. The molecule has 0 saturated heterocycles. The van der Waals surface area contributed by atoms with Gasteiger partial charge >= 0.3 is 0 Å². The lowest BCUT2D eigenvalue weighted by Crippen LogP contribution is -2.58. The maximum atomic E-state index is 13.5. The third-order valence-electron chi connectivity index (χ3n) is 6.61. The SMILES string of the molecule is CC(C)[C@H](NC(=O)[C@H](CC(N)=O)NC(=O)[C@@H](N)CO)C(=O)N[C@H](/C=C/[C@@H](C)COCc1ccccc1)Cc1ccccc1. The summed E-state index contributed by atoms with van der Waals surface area (Å²) in [6.07, 6.45) is 3.92. The zero-order chi connectivity index (χ0) is 31.8. The van der Waals surface area contributed by atoms with E-state index in [1.54, 1.807) is 13.8 Å². The summed E-state index contributed by atoms with van der Waals surface area (Å²) in [5, 5.41) is 17.1. The van der Waals surface area contributed by atoms with Crippen molar-refractivity contribution in [3.05, 3.63) is 83.9 Å². The smallest absolute Gasteiger partial charge is 0.243 e. The summed E-state index contributed by atoms with van der Waals surface area (Å²) in [5.41, 5.74) is 12.9. The summed E-state index contributed by atoms with van der Waals surface area (Å²) in [4.78, 5) is 50.4. The van der Waals surface area contributed by atoms with Crippen LogP contribution in [0.15, 0.2) is 72.8 Å². The van der Waals surface area contributed by atoms with Gasteiger partial charge in [-0.25, -0.2) is 0 Å². The first-order chi connectivity index (χ1) is 20.5. The topological polar surface area (TPSA) is 186 Å². The molecule has 0 radical (unpaired) electrons. The molecule has 8 N–H and O–H groups in total. The van der Waals surface area contributed by atoms with Gasteiger partial charge in [-0.15, -0.1) is 0 Å². The minimum absolute atomic E-state index is 0.0722. The molecular weight excluding hydrogens is 550 g/mol. The van der Waals surface area contributed by atoms with Gasteiger partial charge < -0.3 is 37.3 Å². The van der Waals surface area contributed by atoms with Gasteiger partial charge in [-0.3, -0.25) is 19.2 Å². The first-order valence-corrected chi connectivity index (χ1v) is 14.4. The molecule has 0 aliphatic rings. The van der Waals surface area contributed by atoms with Gasteiger partial charge in [-0.1, -0.05) is 93.6 Å². The van der Waals surface area contributed by atoms with Crippen molar-refractivity contribution in [2.75, 3.05) is 13.2 Å². The Morgan fingerprint density at radius 3 is 2.00 bits per heavy atom. The Balaban J connectivity index is 2.12. The maximum absolute atomic E-state index is 13.5. The second-order valence-corrected chi connectivity index (χ2v) is 10.9. The molecule has 4 amide bonds. The molecule has 0 bridgehead atoms. The molecule has 0 unspecified atom stereocenters. The fourth-order valence-corrected chi connectivity index (χ4v) is 4.18. The summed E-state index contributed by atoms with van der Waals surface area (Å²) in [6.45, 7) is 5.90. The summed E-state index contributed by atoms with van der Waals surface area (Å²) >= 11 is 0. The predicted octanol–water partition coefficient (Wildman–Crippen LogP) is 0.944. The van der Waals surface area contributed by atoms with Gasteiger partial charge in [0.15, 0.2) is 0 Å². The van der Waals surface area contributed by atoms with Crippen molar-refractivity contribution in [2.45, 2.75) is 64.4 Å². The van der Waals surface area contributed by atoms with Crippen LogP contribution < -0.4 is 27.4 Å². The lowest BCUT2D eigenvalue weighted by atomic mass is 9.99. The van der Waals surface area contributed by atoms with Crippen molar-refractivity contribution in [3.63, 3.8) is 0 Å². The molecule has 11 nitrogen and oxygen atoms in total.